The number of carbonyl (C=O) groups excluding carboxylic acids is 1. The highest BCUT2D eigenvalue weighted by molar-refractivity contribution is 7.91. The fraction of sp³-hybridized carbons (Fsp3) is 0.500. The zero-order valence-corrected chi connectivity index (χ0v) is 15.4. The van der Waals surface area contributed by atoms with Crippen LogP contribution in [0.3, 0.4) is 0 Å². The molecule has 4 rings (SSSR count). The first kappa shape index (κ1) is 17.2. The van der Waals surface area contributed by atoms with Crippen LogP contribution in [0, 0.1) is 0 Å². The molecule has 0 unspecified atom stereocenters. The molecule has 0 bridgehead atoms. The molecule has 8 heteroatoms. The molecule has 7 nitrogen and oxygen atoms in total. The first-order valence-electron chi connectivity index (χ1n) is 8.92. The zero-order valence-electron chi connectivity index (χ0n) is 14.6. The molecule has 0 spiro atoms. The first-order chi connectivity index (χ1) is 12.5. The van der Waals surface area contributed by atoms with E-state index < -0.39 is 9.84 Å². The van der Waals surface area contributed by atoms with Crippen LogP contribution in [0.4, 0.5) is 0 Å². The average Bonchev–Trinajstić information content (AvgIpc) is 3.25. The maximum Gasteiger partial charge on any atom is 0.254 e. The van der Waals surface area contributed by atoms with Gasteiger partial charge in [-0.15, -0.1) is 0 Å². The third-order valence-electron chi connectivity index (χ3n) is 5.01. The summed E-state index contributed by atoms with van der Waals surface area (Å²) in [4.78, 5) is 18.9. The fourth-order valence-corrected chi connectivity index (χ4v) is 5.10. The maximum atomic E-state index is 12.8. The molecule has 138 valence electrons. The van der Waals surface area contributed by atoms with Gasteiger partial charge in [-0.05, 0) is 38.3 Å². The molecule has 2 aliphatic rings. The van der Waals surface area contributed by atoms with E-state index in [9.17, 15) is 13.2 Å². The molecule has 1 aromatic carbocycles. The van der Waals surface area contributed by atoms with Crippen molar-refractivity contribution in [1.29, 1.82) is 0 Å². The minimum absolute atomic E-state index is 0.0530. The van der Waals surface area contributed by atoms with Crippen LogP contribution in [0.25, 0.3) is 11.4 Å². The predicted molar refractivity (Wildman–Crippen MR) is 95.5 cm³/mol. The molecule has 0 N–H and O–H groups in total. The van der Waals surface area contributed by atoms with Gasteiger partial charge in [-0.25, -0.2) is 8.42 Å². The third-order valence-corrected chi connectivity index (χ3v) is 6.76. The highest BCUT2D eigenvalue weighted by Gasteiger charge is 2.34. The van der Waals surface area contributed by atoms with Gasteiger partial charge >= 0.3 is 0 Å². The van der Waals surface area contributed by atoms with E-state index in [0.717, 1.165) is 18.4 Å². The molecule has 2 aromatic rings. The predicted octanol–water partition coefficient (Wildman–Crippen LogP) is 2.26. The highest BCUT2D eigenvalue weighted by atomic mass is 32.2. The lowest BCUT2D eigenvalue weighted by Crippen LogP contribution is -2.40. The zero-order chi connectivity index (χ0) is 18.3. The molecule has 1 amide bonds. The number of nitrogens with zero attached hydrogens (tertiary/aromatic N) is 3. The van der Waals surface area contributed by atoms with Crippen LogP contribution < -0.4 is 0 Å². The Morgan fingerprint density at radius 3 is 2.54 bits per heavy atom. The van der Waals surface area contributed by atoms with Crippen LogP contribution in [0.5, 0.6) is 0 Å². The number of sulfone groups is 1. The van der Waals surface area contributed by atoms with Crippen molar-refractivity contribution in [3.05, 3.63) is 35.7 Å². The van der Waals surface area contributed by atoms with Crippen molar-refractivity contribution in [3.8, 4) is 11.4 Å². The second-order valence-corrected chi connectivity index (χ2v) is 9.18. The number of aromatic nitrogens is 2. The lowest BCUT2D eigenvalue weighted by molar-refractivity contribution is 0.0708. The summed E-state index contributed by atoms with van der Waals surface area (Å²) < 4.78 is 28.7. The summed E-state index contributed by atoms with van der Waals surface area (Å²) in [5.41, 5.74) is 1.33. The summed E-state index contributed by atoms with van der Waals surface area (Å²) in [7, 11) is -3.03. The van der Waals surface area contributed by atoms with E-state index in [-0.39, 0.29) is 23.5 Å². The summed E-state index contributed by atoms with van der Waals surface area (Å²) in [5.74, 6) is 1.67. The molecule has 1 saturated heterocycles. The largest absolute Gasteiger partial charge is 0.339 e. The number of amides is 1. The molecule has 1 saturated carbocycles. The smallest absolute Gasteiger partial charge is 0.254 e. The molecule has 2 heterocycles. The quantitative estimate of drug-likeness (QED) is 0.796. The lowest BCUT2D eigenvalue weighted by Gasteiger charge is -2.27. The molecule has 1 aliphatic carbocycles. The first-order valence-corrected chi connectivity index (χ1v) is 10.7. The molecular weight excluding hydrogens is 354 g/mol. The fourth-order valence-electron chi connectivity index (χ4n) is 3.37. The summed E-state index contributed by atoms with van der Waals surface area (Å²) in [5, 5.41) is 4.00. The van der Waals surface area contributed by atoms with E-state index in [0.29, 0.717) is 36.2 Å². The van der Waals surface area contributed by atoms with E-state index in [1.54, 1.807) is 29.2 Å². The Morgan fingerprint density at radius 2 is 1.96 bits per heavy atom. The van der Waals surface area contributed by atoms with Crippen molar-refractivity contribution in [2.24, 2.45) is 0 Å². The van der Waals surface area contributed by atoms with Crippen LogP contribution in [-0.2, 0) is 9.84 Å². The summed E-state index contributed by atoms with van der Waals surface area (Å²) in [6, 6.07) is 6.83. The number of hydrogen-bond acceptors (Lipinski definition) is 6. The molecule has 1 aliphatic heterocycles. The highest BCUT2D eigenvalue weighted by Crippen LogP contribution is 2.39. The normalized spacial score (nSPS) is 21.7. The van der Waals surface area contributed by atoms with Gasteiger partial charge < -0.3 is 9.42 Å². The van der Waals surface area contributed by atoms with Gasteiger partial charge in [0.15, 0.2) is 9.84 Å². The summed E-state index contributed by atoms with van der Waals surface area (Å²) in [6.07, 6.45) is 2.70. The van der Waals surface area contributed by atoms with Crippen LogP contribution in [0.2, 0.25) is 0 Å². The number of rotatable bonds is 5. The van der Waals surface area contributed by atoms with Gasteiger partial charge in [0.25, 0.3) is 5.91 Å². The van der Waals surface area contributed by atoms with Gasteiger partial charge in [0.2, 0.25) is 11.7 Å². The van der Waals surface area contributed by atoms with Crippen LogP contribution >= 0.6 is 0 Å². The van der Waals surface area contributed by atoms with E-state index in [1.807, 2.05) is 6.92 Å². The molecule has 26 heavy (non-hydrogen) atoms. The standard InChI is InChI=1S/C18H21N3O4S/c1-2-21(15-9-10-26(23,24)11-15)18(22)14-7-3-12(4-8-14)16-19-17(25-20-16)13-5-6-13/h3-4,7-8,13,15H,2,5-6,9-11H2,1H3/t15-/m0/s1. The van der Waals surface area contributed by atoms with Crippen molar-refractivity contribution in [1.82, 2.24) is 15.0 Å². The summed E-state index contributed by atoms with van der Waals surface area (Å²) in [6.45, 7) is 2.35. The number of hydrogen-bond donors (Lipinski definition) is 0. The van der Waals surface area contributed by atoms with Crippen LogP contribution in [-0.4, -0.2) is 53.5 Å². The second kappa shape index (κ2) is 6.50. The number of carbonyl (C=O) groups is 1. The van der Waals surface area contributed by atoms with Crippen molar-refractivity contribution in [2.45, 2.75) is 38.1 Å². The number of benzene rings is 1. The second-order valence-electron chi connectivity index (χ2n) is 6.96. The molecular formula is C18H21N3O4S. The van der Waals surface area contributed by atoms with Gasteiger partial charge in [-0.2, -0.15) is 4.98 Å². The minimum Gasteiger partial charge on any atom is -0.339 e. The molecule has 2 fully saturated rings. The monoisotopic (exact) mass is 375 g/mol. The van der Waals surface area contributed by atoms with Gasteiger partial charge in [-0.1, -0.05) is 17.3 Å². The minimum atomic E-state index is -3.03. The van der Waals surface area contributed by atoms with Gasteiger partial charge in [0.05, 0.1) is 11.5 Å². The SMILES string of the molecule is CCN(C(=O)c1ccc(-c2noc(C3CC3)n2)cc1)[C@H]1CCS(=O)(=O)C1. The van der Waals surface area contributed by atoms with Gasteiger partial charge in [-0.3, -0.25) is 4.79 Å². The Balaban J connectivity index is 1.50. The van der Waals surface area contributed by atoms with E-state index in [2.05, 4.69) is 10.1 Å². The summed E-state index contributed by atoms with van der Waals surface area (Å²) >= 11 is 0. The average molecular weight is 375 g/mol. The van der Waals surface area contributed by atoms with Gasteiger partial charge in [0.1, 0.15) is 0 Å². The van der Waals surface area contributed by atoms with Gasteiger partial charge in [0, 0.05) is 29.6 Å². The Labute approximate surface area is 152 Å². The van der Waals surface area contributed by atoms with Crippen LogP contribution in [0.15, 0.2) is 28.8 Å². The van der Waals surface area contributed by atoms with Crippen molar-refractivity contribution in [2.75, 3.05) is 18.1 Å². The third kappa shape index (κ3) is 3.38. The van der Waals surface area contributed by atoms with E-state index >= 15 is 0 Å². The topological polar surface area (TPSA) is 93.4 Å². The molecule has 0 radical (unpaired) electrons. The molecule has 1 aromatic heterocycles. The maximum absolute atomic E-state index is 12.8. The van der Waals surface area contributed by atoms with Crippen molar-refractivity contribution >= 4 is 15.7 Å². The Bertz CT molecular complexity index is 916. The van der Waals surface area contributed by atoms with E-state index in [4.69, 9.17) is 4.52 Å². The van der Waals surface area contributed by atoms with Crippen molar-refractivity contribution < 1.29 is 17.7 Å². The Morgan fingerprint density at radius 1 is 1.23 bits per heavy atom. The van der Waals surface area contributed by atoms with E-state index in [1.165, 1.54) is 0 Å². The Hall–Kier alpha value is -2.22. The van der Waals surface area contributed by atoms with Crippen molar-refractivity contribution in [3.63, 3.8) is 0 Å². The van der Waals surface area contributed by atoms with Crippen LogP contribution in [0.1, 0.15) is 48.4 Å². The lowest BCUT2D eigenvalue weighted by atomic mass is 10.1. The molecule has 1 atom stereocenters. The Kier molecular flexibility index (Phi) is 4.30.